The van der Waals surface area contributed by atoms with Gasteiger partial charge in [0, 0.05) is 10.9 Å². The standard InChI is InChI=1S/C25H17N5O6/c1-34-16-8-6-15(7-9-16)25-27-20(14-35-25)24(31)29-23-18-4-2-3-5-19(18)26-21(28-23)12-10-17-11-13-22(36-17)30(32)33/h2-14H,1H3,(H,26,28,29,31)/b12-10+. The predicted octanol–water partition coefficient (Wildman–Crippen LogP) is 5.22. The molecule has 0 saturated heterocycles. The summed E-state index contributed by atoms with van der Waals surface area (Å²) in [4.78, 5) is 36.3. The van der Waals surface area contributed by atoms with Crippen LogP contribution < -0.4 is 10.1 Å². The van der Waals surface area contributed by atoms with Crippen molar-refractivity contribution in [2.75, 3.05) is 12.4 Å². The quantitative estimate of drug-likeness (QED) is 0.243. The van der Waals surface area contributed by atoms with Gasteiger partial charge < -0.3 is 18.9 Å². The monoisotopic (exact) mass is 483 g/mol. The molecule has 5 rings (SSSR count). The van der Waals surface area contributed by atoms with E-state index < -0.39 is 10.8 Å². The Bertz CT molecular complexity index is 1600. The smallest absolute Gasteiger partial charge is 0.433 e. The van der Waals surface area contributed by atoms with E-state index in [9.17, 15) is 14.9 Å². The zero-order valence-corrected chi connectivity index (χ0v) is 18.7. The molecule has 3 heterocycles. The maximum absolute atomic E-state index is 12.9. The molecule has 0 aliphatic heterocycles. The first kappa shape index (κ1) is 22.5. The molecule has 11 heteroatoms. The van der Waals surface area contributed by atoms with Gasteiger partial charge in [-0.25, -0.2) is 15.0 Å². The van der Waals surface area contributed by atoms with E-state index in [4.69, 9.17) is 13.6 Å². The summed E-state index contributed by atoms with van der Waals surface area (Å²) in [6.45, 7) is 0. The largest absolute Gasteiger partial charge is 0.497 e. The van der Waals surface area contributed by atoms with Crippen molar-refractivity contribution in [1.29, 1.82) is 0 Å². The maximum Gasteiger partial charge on any atom is 0.433 e. The van der Waals surface area contributed by atoms with Crippen LogP contribution in [0.3, 0.4) is 0 Å². The Hall–Kier alpha value is -5.32. The van der Waals surface area contributed by atoms with Crippen molar-refractivity contribution in [3.63, 3.8) is 0 Å². The number of para-hydroxylation sites is 1. The maximum atomic E-state index is 12.9. The summed E-state index contributed by atoms with van der Waals surface area (Å²) in [6, 6.07) is 17.0. The average molecular weight is 483 g/mol. The summed E-state index contributed by atoms with van der Waals surface area (Å²) in [5.74, 6) is 0.882. The molecular formula is C25H17N5O6. The molecule has 0 bridgehead atoms. The zero-order valence-electron chi connectivity index (χ0n) is 18.7. The lowest BCUT2D eigenvalue weighted by atomic mass is 10.2. The van der Waals surface area contributed by atoms with E-state index in [0.717, 1.165) is 0 Å². The number of anilines is 1. The lowest BCUT2D eigenvalue weighted by Gasteiger charge is -2.07. The van der Waals surface area contributed by atoms with Crippen molar-refractivity contribution in [2.45, 2.75) is 0 Å². The number of carbonyl (C=O) groups excluding carboxylic acids is 1. The molecule has 0 radical (unpaired) electrons. The van der Waals surface area contributed by atoms with Crippen molar-refractivity contribution in [3.05, 3.63) is 94.3 Å². The molecule has 0 fully saturated rings. The number of nitrogens with zero attached hydrogens (tertiary/aromatic N) is 4. The van der Waals surface area contributed by atoms with Gasteiger partial charge in [0.25, 0.3) is 5.91 Å². The molecule has 1 N–H and O–H groups in total. The number of fused-ring (bicyclic) bond motifs is 1. The molecule has 0 saturated carbocycles. The van der Waals surface area contributed by atoms with Gasteiger partial charge in [0.05, 0.1) is 18.7 Å². The lowest BCUT2D eigenvalue weighted by molar-refractivity contribution is -0.402. The molecule has 2 aromatic carbocycles. The van der Waals surface area contributed by atoms with Gasteiger partial charge in [-0.05, 0) is 54.6 Å². The summed E-state index contributed by atoms with van der Waals surface area (Å²) in [7, 11) is 1.57. The van der Waals surface area contributed by atoms with Gasteiger partial charge in [-0.3, -0.25) is 14.9 Å². The van der Waals surface area contributed by atoms with Gasteiger partial charge >= 0.3 is 5.88 Å². The van der Waals surface area contributed by atoms with E-state index >= 15 is 0 Å². The summed E-state index contributed by atoms with van der Waals surface area (Å²) >= 11 is 0. The minimum atomic E-state index is -0.624. The molecule has 178 valence electrons. The highest BCUT2D eigenvalue weighted by Gasteiger charge is 2.17. The number of hydrogen-bond acceptors (Lipinski definition) is 9. The molecule has 0 unspecified atom stereocenters. The molecule has 0 spiro atoms. The highest BCUT2D eigenvalue weighted by atomic mass is 16.6. The van der Waals surface area contributed by atoms with E-state index in [1.165, 1.54) is 30.5 Å². The van der Waals surface area contributed by atoms with Gasteiger partial charge in [0.2, 0.25) is 5.89 Å². The molecule has 5 aromatic rings. The first-order valence-electron chi connectivity index (χ1n) is 10.6. The Morgan fingerprint density at radius 2 is 1.83 bits per heavy atom. The fraction of sp³-hybridized carbons (Fsp3) is 0.0400. The van der Waals surface area contributed by atoms with Crippen LogP contribution in [0, 0.1) is 10.1 Å². The summed E-state index contributed by atoms with van der Waals surface area (Å²) in [5, 5.41) is 14.2. The first-order valence-corrected chi connectivity index (χ1v) is 10.6. The lowest BCUT2D eigenvalue weighted by Crippen LogP contribution is -2.14. The number of benzene rings is 2. The molecule has 3 aromatic heterocycles. The molecular weight excluding hydrogens is 466 g/mol. The van der Waals surface area contributed by atoms with E-state index in [1.54, 1.807) is 49.6 Å². The second kappa shape index (κ2) is 9.50. The second-order valence-corrected chi connectivity index (χ2v) is 7.43. The van der Waals surface area contributed by atoms with Crippen LogP contribution in [-0.2, 0) is 0 Å². The summed E-state index contributed by atoms with van der Waals surface area (Å²) < 4.78 is 15.8. The van der Waals surface area contributed by atoms with E-state index in [-0.39, 0.29) is 34.9 Å². The Morgan fingerprint density at radius 3 is 2.58 bits per heavy atom. The minimum absolute atomic E-state index is 0.0727. The molecule has 0 atom stereocenters. The van der Waals surface area contributed by atoms with Crippen molar-refractivity contribution >= 4 is 40.7 Å². The van der Waals surface area contributed by atoms with Gasteiger partial charge in [-0.15, -0.1) is 0 Å². The van der Waals surface area contributed by atoms with Crippen molar-refractivity contribution < 1.29 is 23.3 Å². The number of aromatic nitrogens is 3. The Balaban J connectivity index is 1.41. The first-order chi connectivity index (χ1) is 17.5. The minimum Gasteiger partial charge on any atom is -0.497 e. The number of nitro groups is 1. The Kier molecular flexibility index (Phi) is 5.93. The molecule has 0 aliphatic rings. The SMILES string of the molecule is COc1ccc(-c2nc(C(=O)Nc3nc(/C=C/c4ccc([N+](=O)[O-])o4)nc4ccccc34)co2)cc1. The Labute approximate surface area is 203 Å². The topological polar surface area (TPSA) is 146 Å². The number of methoxy groups -OCH3 is 1. The predicted molar refractivity (Wildman–Crippen MR) is 130 cm³/mol. The average Bonchev–Trinajstić information content (AvgIpc) is 3.58. The molecule has 0 aliphatic carbocycles. The fourth-order valence-corrected chi connectivity index (χ4v) is 3.37. The van der Waals surface area contributed by atoms with Crippen molar-refractivity contribution in [2.24, 2.45) is 0 Å². The Morgan fingerprint density at radius 1 is 1.03 bits per heavy atom. The fourth-order valence-electron chi connectivity index (χ4n) is 3.37. The number of nitrogens with one attached hydrogen (secondary N) is 1. The number of furan rings is 1. The third kappa shape index (κ3) is 4.66. The number of ether oxygens (including phenoxy) is 1. The van der Waals surface area contributed by atoms with Crippen LogP contribution in [-0.4, -0.2) is 32.9 Å². The molecule has 11 nitrogen and oxygen atoms in total. The normalized spacial score (nSPS) is 11.1. The van der Waals surface area contributed by atoms with E-state index in [2.05, 4.69) is 20.3 Å². The number of hydrogen-bond donors (Lipinski definition) is 1. The van der Waals surface area contributed by atoms with Gasteiger partial charge in [-0.1, -0.05) is 12.1 Å². The van der Waals surface area contributed by atoms with E-state index in [0.29, 0.717) is 22.2 Å². The number of carbonyl (C=O) groups is 1. The highest BCUT2D eigenvalue weighted by molar-refractivity contribution is 6.06. The molecule has 1 amide bonds. The van der Waals surface area contributed by atoms with Gasteiger partial charge in [0.15, 0.2) is 11.5 Å². The van der Waals surface area contributed by atoms with Crippen LogP contribution in [0.15, 0.2) is 75.8 Å². The highest BCUT2D eigenvalue weighted by Crippen LogP contribution is 2.24. The summed E-state index contributed by atoms with van der Waals surface area (Å²) in [5.41, 5.74) is 1.35. The van der Waals surface area contributed by atoms with Crippen LogP contribution in [0.1, 0.15) is 22.1 Å². The van der Waals surface area contributed by atoms with E-state index in [1.807, 2.05) is 6.07 Å². The van der Waals surface area contributed by atoms with Crippen LogP contribution >= 0.6 is 0 Å². The summed E-state index contributed by atoms with van der Waals surface area (Å²) in [6.07, 6.45) is 4.30. The van der Waals surface area contributed by atoms with Crippen LogP contribution in [0.25, 0.3) is 34.5 Å². The molecule has 36 heavy (non-hydrogen) atoms. The van der Waals surface area contributed by atoms with Crippen LogP contribution in [0.5, 0.6) is 5.75 Å². The van der Waals surface area contributed by atoms with Crippen LogP contribution in [0.4, 0.5) is 11.7 Å². The zero-order chi connectivity index (χ0) is 25.1. The van der Waals surface area contributed by atoms with Crippen LogP contribution in [0.2, 0.25) is 0 Å². The second-order valence-electron chi connectivity index (χ2n) is 7.43. The third-order valence-electron chi connectivity index (χ3n) is 5.12. The number of oxazole rings is 1. The van der Waals surface area contributed by atoms with Crippen molar-refractivity contribution in [1.82, 2.24) is 15.0 Å². The third-order valence-corrected chi connectivity index (χ3v) is 5.12. The number of rotatable bonds is 7. The van der Waals surface area contributed by atoms with Gasteiger partial charge in [0.1, 0.15) is 28.5 Å². The number of amides is 1. The van der Waals surface area contributed by atoms with Gasteiger partial charge in [-0.2, -0.15) is 0 Å². The van der Waals surface area contributed by atoms with Crippen molar-refractivity contribution in [3.8, 4) is 17.2 Å².